The van der Waals surface area contributed by atoms with Crippen LogP contribution in [0, 0.1) is 12.3 Å². The molecule has 0 spiro atoms. The molecule has 0 bridgehead atoms. The molecule has 1 heterocycles. The fourth-order valence-electron chi connectivity index (χ4n) is 2.52. The zero-order valence-corrected chi connectivity index (χ0v) is 17.0. The highest BCUT2D eigenvalue weighted by Crippen LogP contribution is 2.35. The van der Waals surface area contributed by atoms with E-state index in [2.05, 4.69) is 21.9 Å². The van der Waals surface area contributed by atoms with E-state index in [-0.39, 0.29) is 23.8 Å². The van der Waals surface area contributed by atoms with E-state index < -0.39 is 11.1 Å². The largest absolute Gasteiger partial charge is 0.480 e. The van der Waals surface area contributed by atoms with Gasteiger partial charge in [0.25, 0.3) is 11.1 Å². The van der Waals surface area contributed by atoms with Crippen molar-refractivity contribution < 1.29 is 19.1 Å². The Morgan fingerprint density at radius 3 is 2.68 bits per heavy atom. The van der Waals surface area contributed by atoms with Gasteiger partial charge in [-0.3, -0.25) is 19.3 Å². The summed E-state index contributed by atoms with van der Waals surface area (Å²) in [6.45, 7) is -0.222. The third-order valence-electron chi connectivity index (χ3n) is 3.84. The lowest BCUT2D eigenvalue weighted by Crippen LogP contribution is -2.33. The second kappa shape index (κ2) is 8.91. The Morgan fingerprint density at radius 2 is 1.96 bits per heavy atom. The summed E-state index contributed by atoms with van der Waals surface area (Å²) in [5, 5.41) is -0.485. The molecule has 1 aliphatic rings. The van der Waals surface area contributed by atoms with Crippen molar-refractivity contribution in [1.29, 1.82) is 0 Å². The van der Waals surface area contributed by atoms with Gasteiger partial charge in [0.1, 0.15) is 12.4 Å². The zero-order chi connectivity index (χ0) is 20.1. The molecular weight excluding hydrogens is 442 g/mol. The van der Waals surface area contributed by atoms with Crippen molar-refractivity contribution in [1.82, 2.24) is 4.90 Å². The lowest BCUT2D eigenvalue weighted by atomic mass is 10.1. The number of amides is 2. The number of imide groups is 1. The Hall–Kier alpha value is -2.82. The van der Waals surface area contributed by atoms with Crippen molar-refractivity contribution in [2.75, 3.05) is 13.2 Å². The third-order valence-corrected chi connectivity index (χ3v) is 5.24. The van der Waals surface area contributed by atoms with Gasteiger partial charge in [0.2, 0.25) is 0 Å². The number of halogens is 1. The molecule has 2 amide bonds. The summed E-state index contributed by atoms with van der Waals surface area (Å²) in [7, 11) is 0. The van der Waals surface area contributed by atoms with Gasteiger partial charge in [-0.05, 0) is 36.0 Å². The first kappa shape index (κ1) is 19.9. The number of ether oxygens (including phenoxy) is 1. The van der Waals surface area contributed by atoms with Crippen LogP contribution in [-0.4, -0.2) is 35.0 Å². The van der Waals surface area contributed by atoms with Gasteiger partial charge < -0.3 is 4.74 Å². The van der Waals surface area contributed by atoms with Gasteiger partial charge in [-0.15, -0.1) is 6.42 Å². The van der Waals surface area contributed by atoms with Crippen molar-refractivity contribution in [3.05, 3.63) is 69.0 Å². The number of ketones is 1. The SMILES string of the molecule is C#CCOc1ccc(Br)cc1/C=C1/SC(=O)N(CC(=O)c2ccccc2)C1=O. The average molecular weight is 456 g/mol. The maximum absolute atomic E-state index is 12.7. The minimum absolute atomic E-state index is 0.0789. The molecule has 1 fully saturated rings. The molecule has 0 atom stereocenters. The second-order valence-corrected chi connectivity index (χ2v) is 7.64. The van der Waals surface area contributed by atoms with E-state index in [0.717, 1.165) is 21.1 Å². The number of carbonyl (C=O) groups excluding carboxylic acids is 3. The number of rotatable bonds is 6. The topological polar surface area (TPSA) is 63.7 Å². The fraction of sp³-hybridized carbons (Fsp3) is 0.0952. The van der Waals surface area contributed by atoms with Gasteiger partial charge in [-0.2, -0.15) is 0 Å². The average Bonchev–Trinajstić information content (AvgIpc) is 2.95. The number of benzene rings is 2. The maximum Gasteiger partial charge on any atom is 0.293 e. The maximum atomic E-state index is 12.7. The first-order valence-electron chi connectivity index (χ1n) is 8.19. The van der Waals surface area contributed by atoms with Gasteiger partial charge in [-0.25, -0.2) is 0 Å². The highest BCUT2D eigenvalue weighted by molar-refractivity contribution is 9.10. The summed E-state index contributed by atoms with van der Waals surface area (Å²) in [6.07, 6.45) is 6.80. The molecule has 0 aliphatic carbocycles. The quantitative estimate of drug-likeness (QED) is 0.367. The van der Waals surface area contributed by atoms with Gasteiger partial charge in [-0.1, -0.05) is 52.2 Å². The van der Waals surface area contributed by atoms with Crippen LogP contribution in [-0.2, 0) is 4.79 Å². The van der Waals surface area contributed by atoms with Crippen LogP contribution in [0.3, 0.4) is 0 Å². The molecule has 0 N–H and O–H groups in total. The monoisotopic (exact) mass is 455 g/mol. The van der Waals surface area contributed by atoms with Crippen molar-refractivity contribution in [3.63, 3.8) is 0 Å². The van der Waals surface area contributed by atoms with Crippen molar-refractivity contribution >= 4 is 50.7 Å². The van der Waals surface area contributed by atoms with Gasteiger partial charge in [0.05, 0.1) is 11.4 Å². The number of thioether (sulfide) groups is 1. The molecule has 2 aromatic rings. The molecule has 1 aliphatic heterocycles. The van der Waals surface area contributed by atoms with Gasteiger partial charge in [0, 0.05) is 15.6 Å². The van der Waals surface area contributed by atoms with Crippen molar-refractivity contribution in [2.45, 2.75) is 0 Å². The van der Waals surface area contributed by atoms with E-state index in [0.29, 0.717) is 16.9 Å². The molecule has 1 saturated heterocycles. The third kappa shape index (κ3) is 4.53. The minimum atomic E-state index is -0.512. The van der Waals surface area contributed by atoms with Crippen molar-refractivity contribution in [3.8, 4) is 18.1 Å². The Balaban J connectivity index is 1.83. The fourth-order valence-corrected chi connectivity index (χ4v) is 3.73. The van der Waals surface area contributed by atoms with Crippen LogP contribution in [0.15, 0.2) is 57.9 Å². The minimum Gasteiger partial charge on any atom is -0.480 e. The molecule has 0 saturated carbocycles. The van der Waals surface area contributed by atoms with Crippen LogP contribution >= 0.6 is 27.7 Å². The predicted octanol–water partition coefficient (Wildman–Crippen LogP) is 4.38. The number of terminal acetylenes is 1. The van der Waals surface area contributed by atoms with Crippen LogP contribution in [0.2, 0.25) is 0 Å². The predicted molar refractivity (Wildman–Crippen MR) is 112 cm³/mol. The van der Waals surface area contributed by atoms with Gasteiger partial charge >= 0.3 is 0 Å². The molecule has 28 heavy (non-hydrogen) atoms. The standard InChI is InChI=1S/C21H14BrNO4S/c1-2-10-27-18-9-8-16(22)11-15(18)12-19-20(25)23(21(26)28-19)13-17(24)14-6-4-3-5-7-14/h1,3-9,11-12H,10,13H2/b19-12+. The van der Waals surface area contributed by atoms with Gasteiger partial charge in [0.15, 0.2) is 5.78 Å². The summed E-state index contributed by atoms with van der Waals surface area (Å²) < 4.78 is 6.27. The van der Waals surface area contributed by atoms with Crippen molar-refractivity contribution in [2.24, 2.45) is 0 Å². The highest BCUT2D eigenvalue weighted by Gasteiger charge is 2.36. The Bertz CT molecular complexity index is 1010. The van der Waals surface area contributed by atoms with Crippen LogP contribution in [0.4, 0.5) is 4.79 Å². The second-order valence-electron chi connectivity index (χ2n) is 5.73. The Kier molecular flexibility index (Phi) is 6.34. The molecule has 3 rings (SSSR count). The normalized spacial score (nSPS) is 15.0. The molecule has 7 heteroatoms. The highest BCUT2D eigenvalue weighted by atomic mass is 79.9. The van der Waals surface area contributed by atoms with Crippen LogP contribution in [0.5, 0.6) is 5.75 Å². The molecule has 0 unspecified atom stereocenters. The molecule has 0 aromatic heterocycles. The summed E-state index contributed by atoms with van der Waals surface area (Å²) in [5.74, 6) is 2.07. The van der Waals surface area contributed by atoms with E-state index in [4.69, 9.17) is 11.2 Å². The lowest BCUT2D eigenvalue weighted by molar-refractivity contribution is -0.122. The zero-order valence-electron chi connectivity index (χ0n) is 14.6. The molecule has 0 radical (unpaired) electrons. The van der Waals surface area contributed by atoms with E-state index >= 15 is 0 Å². The summed E-state index contributed by atoms with van der Waals surface area (Å²) in [4.78, 5) is 38.5. The van der Waals surface area contributed by atoms with Crippen LogP contribution < -0.4 is 4.74 Å². The Labute approximate surface area is 174 Å². The molecule has 140 valence electrons. The number of Topliss-reactive ketones (excluding diaryl/α,β-unsaturated/α-hetero) is 1. The number of hydrogen-bond acceptors (Lipinski definition) is 5. The lowest BCUT2D eigenvalue weighted by Gasteiger charge is -2.11. The first-order chi connectivity index (χ1) is 13.5. The number of carbonyl (C=O) groups is 3. The number of nitrogens with zero attached hydrogens (tertiary/aromatic N) is 1. The van der Waals surface area contributed by atoms with E-state index in [1.807, 2.05) is 0 Å². The Morgan fingerprint density at radius 1 is 1.21 bits per heavy atom. The molecule has 2 aromatic carbocycles. The molecule has 5 nitrogen and oxygen atoms in total. The smallest absolute Gasteiger partial charge is 0.293 e. The molecular formula is C21H14BrNO4S. The van der Waals surface area contributed by atoms with E-state index in [1.54, 1.807) is 54.6 Å². The van der Waals surface area contributed by atoms with Crippen LogP contribution in [0.25, 0.3) is 6.08 Å². The summed E-state index contributed by atoms with van der Waals surface area (Å²) in [6, 6.07) is 13.8. The summed E-state index contributed by atoms with van der Waals surface area (Å²) in [5.41, 5.74) is 1.05. The van der Waals surface area contributed by atoms with Crippen LogP contribution in [0.1, 0.15) is 15.9 Å². The summed E-state index contributed by atoms with van der Waals surface area (Å²) >= 11 is 4.16. The first-order valence-corrected chi connectivity index (χ1v) is 9.80. The van der Waals surface area contributed by atoms with E-state index in [1.165, 1.54) is 0 Å². The number of hydrogen-bond donors (Lipinski definition) is 0. The van der Waals surface area contributed by atoms with E-state index in [9.17, 15) is 14.4 Å².